The number of anilines is 1. The van der Waals surface area contributed by atoms with Crippen molar-refractivity contribution >= 4 is 40.8 Å². The Labute approximate surface area is 138 Å². The van der Waals surface area contributed by atoms with Gasteiger partial charge < -0.3 is 10.1 Å². The fourth-order valence-corrected chi connectivity index (χ4v) is 2.58. The minimum atomic E-state index is -1.15. The van der Waals surface area contributed by atoms with Crippen molar-refractivity contribution in [1.29, 1.82) is 5.26 Å². The summed E-state index contributed by atoms with van der Waals surface area (Å²) in [5.41, 5.74) is -0.307. The van der Waals surface area contributed by atoms with Crippen molar-refractivity contribution < 1.29 is 14.3 Å². The molecule has 2 rings (SSSR count). The van der Waals surface area contributed by atoms with Crippen molar-refractivity contribution in [3.05, 3.63) is 29.8 Å². The van der Waals surface area contributed by atoms with E-state index in [2.05, 4.69) is 5.32 Å². The first kappa shape index (κ1) is 16.6. The van der Waals surface area contributed by atoms with Crippen LogP contribution in [0.1, 0.15) is 25.8 Å². The van der Waals surface area contributed by atoms with Gasteiger partial charge >= 0.3 is 5.97 Å². The van der Waals surface area contributed by atoms with Crippen LogP contribution < -0.4 is 5.32 Å². The van der Waals surface area contributed by atoms with E-state index in [9.17, 15) is 9.59 Å². The second-order valence-corrected chi connectivity index (χ2v) is 6.89. The van der Waals surface area contributed by atoms with E-state index in [0.717, 1.165) is 0 Å². The largest absolute Gasteiger partial charge is 0.452 e. The van der Waals surface area contributed by atoms with Gasteiger partial charge in [-0.3, -0.25) is 9.59 Å². The van der Waals surface area contributed by atoms with Crippen LogP contribution in [0.5, 0.6) is 0 Å². The number of amides is 1. The van der Waals surface area contributed by atoms with Crippen molar-refractivity contribution in [3.8, 4) is 6.07 Å². The maximum absolute atomic E-state index is 12.1. The summed E-state index contributed by atoms with van der Waals surface area (Å²) in [6.45, 7) is 3.03. The van der Waals surface area contributed by atoms with Gasteiger partial charge in [-0.15, -0.1) is 23.2 Å². The van der Waals surface area contributed by atoms with Crippen LogP contribution in [0, 0.1) is 16.7 Å². The molecule has 2 atom stereocenters. The van der Waals surface area contributed by atoms with Gasteiger partial charge in [-0.2, -0.15) is 5.26 Å². The van der Waals surface area contributed by atoms with Crippen LogP contribution in [0.25, 0.3) is 0 Å². The highest BCUT2D eigenvalue weighted by Gasteiger charge is 2.69. The molecule has 1 N–H and O–H groups in total. The number of esters is 1. The summed E-state index contributed by atoms with van der Waals surface area (Å²) in [7, 11) is 0. The highest BCUT2D eigenvalue weighted by molar-refractivity contribution is 6.53. The number of nitrogens with one attached hydrogen (secondary N) is 1. The first-order chi connectivity index (χ1) is 10.2. The zero-order chi connectivity index (χ0) is 16.5. The Bertz CT molecular complexity index is 669. The number of carbonyl (C=O) groups is 2. The molecule has 1 aliphatic carbocycles. The quantitative estimate of drug-likeness (QED) is 0.674. The summed E-state index contributed by atoms with van der Waals surface area (Å²) in [5, 5.41) is 11.5. The van der Waals surface area contributed by atoms with Crippen molar-refractivity contribution in [3.63, 3.8) is 0 Å². The van der Waals surface area contributed by atoms with E-state index >= 15 is 0 Å². The topological polar surface area (TPSA) is 79.2 Å². The number of hydrogen-bond donors (Lipinski definition) is 1. The number of carbonyl (C=O) groups excluding carboxylic acids is 2. The summed E-state index contributed by atoms with van der Waals surface area (Å²) in [6, 6.07) is 8.51. The maximum Gasteiger partial charge on any atom is 0.315 e. The monoisotopic (exact) mass is 340 g/mol. The average Bonchev–Trinajstić information content (AvgIpc) is 2.99. The highest BCUT2D eigenvalue weighted by Crippen LogP contribution is 2.64. The van der Waals surface area contributed by atoms with Crippen molar-refractivity contribution in [2.45, 2.75) is 30.7 Å². The predicted octanol–water partition coefficient (Wildman–Crippen LogP) is 3.01. The lowest BCUT2D eigenvalue weighted by Gasteiger charge is -2.17. The van der Waals surface area contributed by atoms with Crippen LogP contribution in [-0.4, -0.2) is 22.3 Å². The molecule has 1 aromatic rings. The third-order valence-electron chi connectivity index (χ3n) is 3.67. The predicted molar refractivity (Wildman–Crippen MR) is 82.5 cm³/mol. The van der Waals surface area contributed by atoms with Crippen LogP contribution in [-0.2, 0) is 14.3 Å². The minimum Gasteiger partial charge on any atom is -0.452 e. The normalized spacial score (nSPS) is 23.0. The molecule has 1 fully saturated rings. The molecule has 0 spiro atoms. The molecule has 0 radical (unpaired) electrons. The second-order valence-electron chi connectivity index (χ2n) is 5.41. The molecule has 5 nitrogen and oxygen atoms in total. The number of nitrogens with zero attached hydrogens (tertiary/aromatic N) is 1. The lowest BCUT2D eigenvalue weighted by Crippen LogP contribution is -2.33. The number of benzene rings is 1. The van der Waals surface area contributed by atoms with Gasteiger partial charge in [0, 0.05) is 6.42 Å². The summed E-state index contributed by atoms with van der Waals surface area (Å²) >= 11 is 11.8. The molecule has 1 saturated carbocycles. The fraction of sp³-hybridized carbons (Fsp3) is 0.400. The molecule has 1 aliphatic rings. The standard InChI is InChI=1S/C15H14Cl2N2O3/c1-9(22-13(21)14(2)8-15(14,16)17)12(20)19-11-6-4-3-5-10(11)7-18/h3-6,9H,8H2,1-2H3,(H,19,20)/t9-,14-/m1/s1. The zero-order valence-corrected chi connectivity index (χ0v) is 13.5. The maximum atomic E-state index is 12.1. The highest BCUT2D eigenvalue weighted by atomic mass is 35.5. The number of alkyl halides is 2. The van der Waals surface area contributed by atoms with Crippen LogP contribution in [0.2, 0.25) is 0 Å². The van der Waals surface area contributed by atoms with Crippen LogP contribution in [0.4, 0.5) is 5.69 Å². The molecule has 0 heterocycles. The van der Waals surface area contributed by atoms with E-state index in [-0.39, 0.29) is 6.42 Å². The molecule has 0 saturated heterocycles. The minimum absolute atomic E-state index is 0.285. The summed E-state index contributed by atoms with van der Waals surface area (Å²) in [6.07, 6.45) is -0.742. The molecular formula is C15H14Cl2N2O3. The van der Waals surface area contributed by atoms with Gasteiger partial charge in [-0.05, 0) is 26.0 Å². The van der Waals surface area contributed by atoms with Crippen LogP contribution in [0.15, 0.2) is 24.3 Å². The van der Waals surface area contributed by atoms with E-state index < -0.39 is 27.7 Å². The number of halogens is 2. The molecule has 0 aliphatic heterocycles. The fourth-order valence-electron chi connectivity index (χ4n) is 1.89. The van der Waals surface area contributed by atoms with E-state index in [1.165, 1.54) is 6.92 Å². The van der Waals surface area contributed by atoms with Gasteiger partial charge in [-0.1, -0.05) is 12.1 Å². The molecule has 0 unspecified atom stereocenters. The molecular weight excluding hydrogens is 327 g/mol. The summed E-state index contributed by atoms with van der Waals surface area (Å²) in [5.74, 6) is -1.15. The molecule has 1 aromatic carbocycles. The molecule has 1 amide bonds. The first-order valence-electron chi connectivity index (χ1n) is 6.60. The molecule has 22 heavy (non-hydrogen) atoms. The van der Waals surface area contributed by atoms with E-state index in [1.54, 1.807) is 31.2 Å². The lowest BCUT2D eigenvalue weighted by molar-refractivity contribution is -0.158. The van der Waals surface area contributed by atoms with E-state index in [1.807, 2.05) is 6.07 Å². The van der Waals surface area contributed by atoms with Gasteiger partial charge in [-0.25, -0.2) is 0 Å². The second kappa shape index (κ2) is 5.79. The van der Waals surface area contributed by atoms with Gasteiger partial charge in [0.1, 0.15) is 15.8 Å². The van der Waals surface area contributed by atoms with Gasteiger partial charge in [0.25, 0.3) is 5.91 Å². The first-order valence-corrected chi connectivity index (χ1v) is 7.36. The Morgan fingerprint density at radius 2 is 2.00 bits per heavy atom. The van der Waals surface area contributed by atoms with Crippen LogP contribution >= 0.6 is 23.2 Å². The third kappa shape index (κ3) is 3.03. The number of nitriles is 1. The number of hydrogen-bond acceptors (Lipinski definition) is 4. The Hall–Kier alpha value is -1.77. The van der Waals surface area contributed by atoms with Crippen LogP contribution in [0.3, 0.4) is 0 Å². The zero-order valence-electron chi connectivity index (χ0n) is 12.0. The smallest absolute Gasteiger partial charge is 0.315 e. The SMILES string of the molecule is C[C@@H](OC(=O)[C@@]1(C)CC1(Cl)Cl)C(=O)Nc1ccccc1C#N. The summed E-state index contributed by atoms with van der Waals surface area (Å²) < 4.78 is 3.97. The Morgan fingerprint density at radius 1 is 1.41 bits per heavy atom. The van der Waals surface area contributed by atoms with Crippen molar-refractivity contribution in [1.82, 2.24) is 0 Å². The van der Waals surface area contributed by atoms with E-state index in [4.69, 9.17) is 33.2 Å². The van der Waals surface area contributed by atoms with Crippen molar-refractivity contribution in [2.75, 3.05) is 5.32 Å². The molecule has 7 heteroatoms. The van der Waals surface area contributed by atoms with Gasteiger partial charge in [0.15, 0.2) is 6.10 Å². The number of rotatable bonds is 4. The van der Waals surface area contributed by atoms with Gasteiger partial charge in [0.2, 0.25) is 0 Å². The van der Waals surface area contributed by atoms with Gasteiger partial charge in [0.05, 0.1) is 11.3 Å². The van der Waals surface area contributed by atoms with Crippen molar-refractivity contribution in [2.24, 2.45) is 5.41 Å². The summed E-state index contributed by atoms with van der Waals surface area (Å²) in [4.78, 5) is 24.1. The molecule has 0 bridgehead atoms. The lowest BCUT2D eigenvalue weighted by atomic mass is 10.1. The molecule has 0 aromatic heterocycles. The third-order valence-corrected chi connectivity index (χ3v) is 4.77. The molecule has 116 valence electrons. The average molecular weight is 341 g/mol. The Morgan fingerprint density at radius 3 is 2.55 bits per heavy atom. The Balaban J connectivity index is 1.99. The van der Waals surface area contributed by atoms with E-state index in [0.29, 0.717) is 11.3 Å². The number of ether oxygens (including phenoxy) is 1. The Kier molecular flexibility index (Phi) is 4.37. The number of para-hydroxylation sites is 1.